The van der Waals surface area contributed by atoms with Gasteiger partial charge in [0.15, 0.2) is 17.3 Å². The highest BCUT2D eigenvalue weighted by atomic mass is 16.5. The Hall–Kier alpha value is -3.51. The first-order chi connectivity index (χ1) is 12.7. The molecular formula is C23H18O3. The van der Waals surface area contributed by atoms with E-state index in [1.54, 1.807) is 38.5 Å². The molecule has 0 spiro atoms. The van der Waals surface area contributed by atoms with Gasteiger partial charge in [0.25, 0.3) is 0 Å². The first kappa shape index (κ1) is 17.3. The van der Waals surface area contributed by atoms with Crippen LogP contribution in [0.2, 0.25) is 0 Å². The molecule has 3 nitrogen and oxygen atoms in total. The van der Waals surface area contributed by atoms with Crippen LogP contribution in [-0.2, 0) is 0 Å². The molecule has 0 N–H and O–H groups in total. The molecule has 3 heteroatoms. The van der Waals surface area contributed by atoms with Crippen LogP contribution in [0, 0.1) is 11.8 Å². The summed E-state index contributed by atoms with van der Waals surface area (Å²) in [5.74, 6) is 7.12. The maximum atomic E-state index is 13.0. The average Bonchev–Trinajstić information content (AvgIpc) is 2.72. The summed E-state index contributed by atoms with van der Waals surface area (Å²) in [4.78, 5) is 13.0. The van der Waals surface area contributed by atoms with Crippen molar-refractivity contribution in [2.75, 3.05) is 14.2 Å². The lowest BCUT2D eigenvalue weighted by Crippen LogP contribution is -2.05. The zero-order chi connectivity index (χ0) is 18.4. The molecule has 3 aromatic rings. The molecule has 0 radical (unpaired) electrons. The molecule has 128 valence electrons. The van der Waals surface area contributed by atoms with Crippen LogP contribution in [0.1, 0.15) is 27.0 Å². The molecule has 3 rings (SSSR count). The van der Waals surface area contributed by atoms with E-state index < -0.39 is 0 Å². The van der Waals surface area contributed by atoms with Gasteiger partial charge in [-0.2, -0.15) is 0 Å². The molecule has 0 heterocycles. The molecule has 0 aromatic heterocycles. The van der Waals surface area contributed by atoms with Crippen LogP contribution >= 0.6 is 0 Å². The predicted molar refractivity (Wildman–Crippen MR) is 102 cm³/mol. The third-order valence-electron chi connectivity index (χ3n) is 3.92. The number of carbonyl (C=O) groups is 1. The minimum absolute atomic E-state index is 0.107. The van der Waals surface area contributed by atoms with Crippen LogP contribution in [0.4, 0.5) is 0 Å². The zero-order valence-electron chi connectivity index (χ0n) is 14.7. The Kier molecular flexibility index (Phi) is 5.36. The molecule has 0 fully saturated rings. The normalized spacial score (nSPS) is 9.77. The average molecular weight is 342 g/mol. The minimum atomic E-state index is -0.107. The molecule has 0 atom stereocenters. The third-order valence-corrected chi connectivity index (χ3v) is 3.92. The highest BCUT2D eigenvalue weighted by Crippen LogP contribution is 2.31. The summed E-state index contributed by atoms with van der Waals surface area (Å²) >= 11 is 0. The summed E-state index contributed by atoms with van der Waals surface area (Å²) in [5, 5.41) is 0. The van der Waals surface area contributed by atoms with Crippen molar-refractivity contribution in [2.24, 2.45) is 0 Å². The Morgan fingerprint density at radius 2 is 1.35 bits per heavy atom. The van der Waals surface area contributed by atoms with E-state index in [4.69, 9.17) is 9.47 Å². The second-order valence-electron chi connectivity index (χ2n) is 5.56. The Bertz CT molecular complexity index is 965. The van der Waals surface area contributed by atoms with E-state index in [2.05, 4.69) is 11.8 Å². The van der Waals surface area contributed by atoms with Crippen molar-refractivity contribution >= 4 is 5.78 Å². The van der Waals surface area contributed by atoms with E-state index in [0.29, 0.717) is 28.2 Å². The van der Waals surface area contributed by atoms with E-state index in [0.717, 1.165) is 5.56 Å². The van der Waals surface area contributed by atoms with Gasteiger partial charge in [-0.3, -0.25) is 4.79 Å². The Labute approximate surface area is 153 Å². The van der Waals surface area contributed by atoms with Crippen molar-refractivity contribution in [3.8, 4) is 23.3 Å². The second-order valence-corrected chi connectivity index (χ2v) is 5.56. The molecule has 0 saturated carbocycles. The molecule has 0 unspecified atom stereocenters. The van der Waals surface area contributed by atoms with Crippen molar-refractivity contribution in [3.05, 3.63) is 95.1 Å². The van der Waals surface area contributed by atoms with Gasteiger partial charge in [-0.25, -0.2) is 0 Å². The fourth-order valence-electron chi connectivity index (χ4n) is 2.58. The molecule has 0 amide bonds. The van der Waals surface area contributed by atoms with E-state index >= 15 is 0 Å². The first-order valence-electron chi connectivity index (χ1n) is 8.15. The van der Waals surface area contributed by atoms with Crippen LogP contribution in [-0.4, -0.2) is 20.0 Å². The molecule has 0 bridgehead atoms. The topological polar surface area (TPSA) is 35.5 Å². The van der Waals surface area contributed by atoms with Gasteiger partial charge >= 0.3 is 0 Å². The second kappa shape index (κ2) is 8.04. The summed E-state index contributed by atoms with van der Waals surface area (Å²) in [6.07, 6.45) is 0. The van der Waals surface area contributed by atoms with Crippen LogP contribution in [0.15, 0.2) is 72.8 Å². The van der Waals surface area contributed by atoms with E-state index in [-0.39, 0.29) is 5.78 Å². The fraction of sp³-hybridized carbons (Fsp3) is 0.0870. The summed E-state index contributed by atoms with van der Waals surface area (Å²) in [7, 11) is 3.11. The van der Waals surface area contributed by atoms with E-state index in [9.17, 15) is 4.79 Å². The predicted octanol–water partition coefficient (Wildman–Crippen LogP) is 4.33. The van der Waals surface area contributed by atoms with Gasteiger partial charge < -0.3 is 9.47 Å². The van der Waals surface area contributed by atoms with Crippen LogP contribution in [0.3, 0.4) is 0 Å². The minimum Gasteiger partial charge on any atom is -0.493 e. The van der Waals surface area contributed by atoms with Crippen LogP contribution in [0.5, 0.6) is 11.5 Å². The van der Waals surface area contributed by atoms with Gasteiger partial charge in [0.05, 0.1) is 14.2 Å². The lowest BCUT2D eigenvalue weighted by atomic mass is 9.97. The van der Waals surface area contributed by atoms with Gasteiger partial charge in [0, 0.05) is 28.3 Å². The lowest BCUT2D eigenvalue weighted by Gasteiger charge is -2.11. The van der Waals surface area contributed by atoms with Gasteiger partial charge in [-0.05, 0) is 18.2 Å². The Morgan fingerprint density at radius 1 is 0.769 bits per heavy atom. The summed E-state index contributed by atoms with van der Waals surface area (Å²) in [6, 6.07) is 22.2. The number of ether oxygens (including phenoxy) is 2. The lowest BCUT2D eigenvalue weighted by molar-refractivity contribution is 0.103. The molecular weight excluding hydrogens is 324 g/mol. The Morgan fingerprint density at radius 3 is 1.96 bits per heavy atom. The smallest absolute Gasteiger partial charge is 0.194 e. The fourth-order valence-corrected chi connectivity index (χ4v) is 2.58. The molecule has 0 aliphatic heterocycles. The Balaban J connectivity index is 2.12. The first-order valence-corrected chi connectivity index (χ1v) is 8.15. The van der Waals surface area contributed by atoms with E-state index in [1.165, 1.54) is 0 Å². The van der Waals surface area contributed by atoms with Crippen molar-refractivity contribution < 1.29 is 14.3 Å². The summed E-state index contributed by atoms with van der Waals surface area (Å²) in [6.45, 7) is 0. The van der Waals surface area contributed by atoms with Gasteiger partial charge in [-0.1, -0.05) is 60.4 Å². The quantitative estimate of drug-likeness (QED) is 0.523. The van der Waals surface area contributed by atoms with Crippen molar-refractivity contribution in [1.29, 1.82) is 0 Å². The highest BCUT2D eigenvalue weighted by Gasteiger charge is 2.17. The number of hydrogen-bond acceptors (Lipinski definition) is 3. The number of hydrogen-bond donors (Lipinski definition) is 0. The van der Waals surface area contributed by atoms with E-state index in [1.807, 2.05) is 48.5 Å². The van der Waals surface area contributed by atoms with Gasteiger partial charge in [0.1, 0.15) is 0 Å². The maximum absolute atomic E-state index is 13.0. The van der Waals surface area contributed by atoms with Gasteiger partial charge in [-0.15, -0.1) is 0 Å². The van der Waals surface area contributed by atoms with Crippen LogP contribution < -0.4 is 9.47 Å². The SMILES string of the molecule is COc1cc(C#Cc2ccccc2)c(C(=O)c2ccccc2)cc1OC. The monoisotopic (exact) mass is 342 g/mol. The summed E-state index contributed by atoms with van der Waals surface area (Å²) in [5.41, 5.74) is 2.56. The number of benzene rings is 3. The number of ketones is 1. The molecule has 0 saturated heterocycles. The largest absolute Gasteiger partial charge is 0.493 e. The molecule has 0 aliphatic rings. The number of rotatable bonds is 4. The molecule has 26 heavy (non-hydrogen) atoms. The standard InChI is InChI=1S/C23H18O3/c1-25-21-15-19(14-13-17-9-5-3-6-10-17)20(16-22(21)26-2)23(24)18-11-7-4-8-12-18/h3-12,15-16H,1-2H3. The molecule has 3 aromatic carbocycles. The van der Waals surface area contributed by atoms with Gasteiger partial charge in [0.2, 0.25) is 0 Å². The van der Waals surface area contributed by atoms with Crippen molar-refractivity contribution in [3.63, 3.8) is 0 Å². The van der Waals surface area contributed by atoms with Crippen molar-refractivity contribution in [2.45, 2.75) is 0 Å². The number of carbonyl (C=O) groups excluding carboxylic acids is 1. The molecule has 0 aliphatic carbocycles. The van der Waals surface area contributed by atoms with Crippen LogP contribution in [0.25, 0.3) is 0 Å². The number of methoxy groups -OCH3 is 2. The highest BCUT2D eigenvalue weighted by molar-refractivity contribution is 6.11. The third kappa shape index (κ3) is 3.76. The maximum Gasteiger partial charge on any atom is 0.194 e. The zero-order valence-corrected chi connectivity index (χ0v) is 14.7. The van der Waals surface area contributed by atoms with Crippen molar-refractivity contribution in [1.82, 2.24) is 0 Å². The summed E-state index contributed by atoms with van der Waals surface area (Å²) < 4.78 is 10.7.